The van der Waals surface area contributed by atoms with Gasteiger partial charge < -0.3 is 4.57 Å². The van der Waals surface area contributed by atoms with Crippen LogP contribution in [0.3, 0.4) is 0 Å². The van der Waals surface area contributed by atoms with Gasteiger partial charge in [-0.1, -0.05) is 0 Å². The molecular weight excluding hydrogens is 241 g/mol. The van der Waals surface area contributed by atoms with Gasteiger partial charge in [0.05, 0.1) is 17.0 Å². The van der Waals surface area contributed by atoms with Crippen molar-refractivity contribution in [2.24, 2.45) is 0 Å². The summed E-state index contributed by atoms with van der Waals surface area (Å²) in [5.41, 5.74) is -0.0111. The second kappa shape index (κ2) is 4.74. The Hall–Kier alpha value is -2.57. The Morgan fingerprint density at radius 3 is 2.94 bits per heavy atom. The van der Waals surface area contributed by atoms with Crippen LogP contribution in [0.4, 0.5) is 10.1 Å². The highest BCUT2D eigenvalue weighted by molar-refractivity contribution is 5.69. The lowest BCUT2D eigenvalue weighted by molar-refractivity contribution is -0.385. The highest BCUT2D eigenvalue weighted by Gasteiger charge is 2.15. The Bertz CT molecular complexity index is 609. The molecule has 0 amide bonds. The maximum Gasteiger partial charge on any atom is 0.274 e. The van der Waals surface area contributed by atoms with E-state index in [1.54, 1.807) is 0 Å². The van der Waals surface area contributed by atoms with Gasteiger partial charge in [-0.3, -0.25) is 14.9 Å². The Labute approximate surface area is 101 Å². The Morgan fingerprint density at radius 1 is 1.50 bits per heavy atom. The fourth-order valence-electron chi connectivity index (χ4n) is 1.61. The van der Waals surface area contributed by atoms with Gasteiger partial charge in [0.15, 0.2) is 12.1 Å². The van der Waals surface area contributed by atoms with Crippen molar-refractivity contribution in [1.82, 2.24) is 9.55 Å². The maximum absolute atomic E-state index is 13.1. The molecule has 0 aliphatic carbocycles. The van der Waals surface area contributed by atoms with E-state index in [9.17, 15) is 19.3 Å². The first-order valence-corrected chi connectivity index (χ1v) is 5.01. The van der Waals surface area contributed by atoms with Crippen LogP contribution in [0.5, 0.6) is 0 Å². The number of halogens is 1. The molecule has 0 spiro atoms. The quantitative estimate of drug-likeness (QED) is 0.470. The van der Waals surface area contributed by atoms with Crippen molar-refractivity contribution in [3.05, 3.63) is 57.9 Å². The molecule has 2 aromatic rings. The second-order valence-electron chi connectivity index (χ2n) is 3.56. The number of rotatable bonds is 4. The van der Waals surface area contributed by atoms with Crippen molar-refractivity contribution < 1.29 is 14.1 Å². The summed E-state index contributed by atoms with van der Waals surface area (Å²) in [7, 11) is 0. The monoisotopic (exact) mass is 249 g/mol. The van der Waals surface area contributed by atoms with E-state index in [4.69, 9.17) is 0 Å². The lowest BCUT2D eigenvalue weighted by Gasteiger charge is -2.05. The first-order chi connectivity index (χ1) is 8.61. The van der Waals surface area contributed by atoms with Crippen LogP contribution < -0.4 is 0 Å². The number of carbonyl (C=O) groups is 1. The molecule has 0 unspecified atom stereocenters. The molecule has 2 rings (SSSR count). The maximum atomic E-state index is 13.1. The van der Waals surface area contributed by atoms with Crippen LogP contribution in [0.15, 0.2) is 30.6 Å². The molecule has 1 aromatic carbocycles. The lowest BCUT2D eigenvalue weighted by atomic mass is 10.1. The molecule has 0 aliphatic rings. The predicted molar refractivity (Wildman–Crippen MR) is 59.8 cm³/mol. The molecule has 92 valence electrons. The van der Waals surface area contributed by atoms with Gasteiger partial charge in [-0.2, -0.15) is 0 Å². The minimum atomic E-state index is -0.591. The molecule has 0 saturated heterocycles. The molecule has 0 bridgehead atoms. The summed E-state index contributed by atoms with van der Waals surface area (Å²) in [6.07, 6.45) is 3.43. The van der Waals surface area contributed by atoms with Crippen LogP contribution in [0.25, 0.3) is 0 Å². The van der Waals surface area contributed by atoms with Crippen molar-refractivity contribution in [2.45, 2.75) is 6.54 Å². The zero-order valence-electron chi connectivity index (χ0n) is 9.12. The number of nitro groups is 1. The molecular formula is C11H8FN3O3. The average molecular weight is 249 g/mol. The number of hydrogen-bond donors (Lipinski definition) is 0. The van der Waals surface area contributed by atoms with Crippen LogP contribution in [-0.2, 0) is 6.54 Å². The fourth-order valence-corrected chi connectivity index (χ4v) is 1.61. The molecule has 1 heterocycles. The SMILES string of the molecule is O=Cc1nccn1Cc1cc(F)ccc1[N+](=O)[O-]. The largest absolute Gasteiger partial charge is 0.324 e. The van der Waals surface area contributed by atoms with Crippen molar-refractivity contribution in [1.29, 1.82) is 0 Å². The highest BCUT2D eigenvalue weighted by atomic mass is 19.1. The van der Waals surface area contributed by atoms with E-state index < -0.39 is 10.7 Å². The van der Waals surface area contributed by atoms with Gasteiger partial charge in [-0.05, 0) is 12.1 Å². The van der Waals surface area contributed by atoms with Gasteiger partial charge in [0, 0.05) is 18.5 Å². The summed E-state index contributed by atoms with van der Waals surface area (Å²) in [6, 6.07) is 3.20. The van der Waals surface area contributed by atoms with Crippen molar-refractivity contribution in [2.75, 3.05) is 0 Å². The van der Waals surface area contributed by atoms with E-state index >= 15 is 0 Å². The summed E-state index contributed by atoms with van der Waals surface area (Å²) in [4.78, 5) is 24.6. The number of nitro benzene ring substituents is 1. The molecule has 7 heteroatoms. The summed E-state index contributed by atoms with van der Waals surface area (Å²) in [5.74, 6) is -0.433. The predicted octanol–water partition coefficient (Wildman–Crippen LogP) is 1.79. The fraction of sp³-hybridized carbons (Fsp3) is 0.0909. The van der Waals surface area contributed by atoms with Crippen molar-refractivity contribution >= 4 is 12.0 Å². The number of hydrogen-bond acceptors (Lipinski definition) is 4. The Kier molecular flexibility index (Phi) is 3.13. The van der Waals surface area contributed by atoms with Crippen LogP contribution in [0.2, 0.25) is 0 Å². The summed E-state index contributed by atoms with van der Waals surface area (Å²) >= 11 is 0. The van der Waals surface area contributed by atoms with E-state index in [1.165, 1.54) is 17.0 Å². The van der Waals surface area contributed by atoms with Gasteiger partial charge in [0.2, 0.25) is 0 Å². The Morgan fingerprint density at radius 2 is 2.28 bits per heavy atom. The normalized spacial score (nSPS) is 10.3. The minimum absolute atomic E-state index is 0.0160. The molecule has 18 heavy (non-hydrogen) atoms. The van der Waals surface area contributed by atoms with Crippen molar-refractivity contribution in [3.63, 3.8) is 0 Å². The Balaban J connectivity index is 2.42. The first-order valence-electron chi connectivity index (χ1n) is 5.01. The molecule has 0 saturated carbocycles. The van der Waals surface area contributed by atoms with E-state index in [-0.39, 0.29) is 23.6 Å². The molecule has 0 aliphatic heterocycles. The third-order valence-electron chi connectivity index (χ3n) is 2.43. The summed E-state index contributed by atoms with van der Waals surface area (Å²) in [6.45, 7) is 0.0160. The van der Waals surface area contributed by atoms with Gasteiger partial charge >= 0.3 is 0 Å². The molecule has 0 N–H and O–H groups in total. The molecule has 6 nitrogen and oxygen atoms in total. The van der Waals surface area contributed by atoms with Gasteiger partial charge in [0.25, 0.3) is 5.69 Å². The van der Waals surface area contributed by atoms with E-state index in [0.717, 1.165) is 18.2 Å². The van der Waals surface area contributed by atoms with Gasteiger partial charge in [-0.15, -0.1) is 0 Å². The summed E-state index contributed by atoms with van der Waals surface area (Å²) < 4.78 is 14.5. The van der Waals surface area contributed by atoms with Crippen LogP contribution in [-0.4, -0.2) is 20.8 Å². The first kappa shape index (κ1) is 11.9. The summed E-state index contributed by atoms with van der Waals surface area (Å²) in [5, 5.41) is 10.8. The highest BCUT2D eigenvalue weighted by Crippen LogP contribution is 2.20. The lowest BCUT2D eigenvalue weighted by Crippen LogP contribution is -2.06. The van der Waals surface area contributed by atoms with E-state index in [0.29, 0.717) is 6.29 Å². The van der Waals surface area contributed by atoms with Crippen LogP contribution in [0, 0.1) is 15.9 Å². The number of imidazole rings is 1. The average Bonchev–Trinajstić information content (AvgIpc) is 2.76. The number of aromatic nitrogens is 2. The number of nitrogens with zero attached hydrogens (tertiary/aromatic N) is 3. The molecule has 0 atom stereocenters. The van der Waals surface area contributed by atoms with Crippen LogP contribution >= 0.6 is 0 Å². The number of benzene rings is 1. The molecule has 1 aromatic heterocycles. The van der Waals surface area contributed by atoms with Gasteiger partial charge in [0.1, 0.15) is 5.82 Å². The smallest absolute Gasteiger partial charge is 0.274 e. The number of aldehydes is 1. The van der Waals surface area contributed by atoms with Gasteiger partial charge in [-0.25, -0.2) is 9.37 Å². The number of carbonyl (C=O) groups excluding carboxylic acids is 1. The van der Waals surface area contributed by atoms with E-state index in [2.05, 4.69) is 4.98 Å². The zero-order chi connectivity index (χ0) is 13.1. The van der Waals surface area contributed by atoms with E-state index in [1.807, 2.05) is 0 Å². The second-order valence-corrected chi connectivity index (χ2v) is 3.56. The molecule has 0 radical (unpaired) electrons. The van der Waals surface area contributed by atoms with Crippen molar-refractivity contribution in [3.8, 4) is 0 Å². The zero-order valence-corrected chi connectivity index (χ0v) is 9.12. The minimum Gasteiger partial charge on any atom is -0.324 e. The third-order valence-corrected chi connectivity index (χ3v) is 2.43. The molecule has 0 fully saturated rings. The third kappa shape index (κ3) is 2.24. The standard InChI is InChI=1S/C11H8FN3O3/c12-9-1-2-10(15(17)18)8(5-9)6-14-4-3-13-11(14)7-16/h1-5,7H,6H2. The topological polar surface area (TPSA) is 78.0 Å². The van der Waals surface area contributed by atoms with Crippen LogP contribution in [0.1, 0.15) is 16.2 Å².